The molecule has 0 N–H and O–H groups in total. The van der Waals surface area contributed by atoms with Crippen LogP contribution in [0.4, 0.5) is 0 Å². The van der Waals surface area contributed by atoms with Crippen LogP contribution in [0.1, 0.15) is 40.0 Å². The maximum absolute atomic E-state index is 3.98. The van der Waals surface area contributed by atoms with Crippen molar-refractivity contribution in [3.05, 3.63) is 0 Å². The molecule has 1 nitrogen and oxygen atoms in total. The quantitative estimate of drug-likeness (QED) is 0.541. The molecule has 1 heteroatoms. The molecule has 11 heavy (non-hydrogen) atoms. The SMILES string of the molecule is CN=CCC(C)CCC(C)C. The lowest BCUT2D eigenvalue weighted by molar-refractivity contribution is 0.462. The number of aliphatic imine (C=N–C) groups is 1. The summed E-state index contributed by atoms with van der Waals surface area (Å²) in [6.07, 6.45) is 5.84. The zero-order chi connectivity index (χ0) is 8.69. The van der Waals surface area contributed by atoms with Crippen LogP contribution in [0, 0.1) is 11.8 Å². The van der Waals surface area contributed by atoms with E-state index in [0.717, 1.165) is 18.3 Å². The molecule has 0 radical (unpaired) electrons. The highest BCUT2D eigenvalue weighted by Gasteiger charge is 2.01. The van der Waals surface area contributed by atoms with E-state index in [0.29, 0.717) is 0 Å². The lowest BCUT2D eigenvalue weighted by Gasteiger charge is -2.09. The third kappa shape index (κ3) is 7.57. The van der Waals surface area contributed by atoms with Crippen molar-refractivity contribution in [2.75, 3.05) is 7.05 Å². The Hall–Kier alpha value is -0.330. The van der Waals surface area contributed by atoms with Gasteiger partial charge in [-0.2, -0.15) is 0 Å². The monoisotopic (exact) mass is 155 g/mol. The van der Waals surface area contributed by atoms with Gasteiger partial charge >= 0.3 is 0 Å². The molecule has 0 aromatic rings. The van der Waals surface area contributed by atoms with Gasteiger partial charge in [-0.1, -0.05) is 33.6 Å². The molecule has 0 aliphatic heterocycles. The van der Waals surface area contributed by atoms with Gasteiger partial charge < -0.3 is 4.99 Å². The second kappa shape index (κ2) is 6.38. The summed E-state index contributed by atoms with van der Waals surface area (Å²) in [6.45, 7) is 6.85. The van der Waals surface area contributed by atoms with E-state index in [9.17, 15) is 0 Å². The molecule has 0 aromatic carbocycles. The predicted octanol–water partition coefficient (Wildman–Crippen LogP) is 3.15. The molecule has 0 amide bonds. The first-order chi connectivity index (χ1) is 5.16. The Morgan fingerprint density at radius 1 is 1.18 bits per heavy atom. The maximum atomic E-state index is 3.98. The molecule has 1 unspecified atom stereocenters. The molecule has 0 saturated heterocycles. The van der Waals surface area contributed by atoms with Crippen molar-refractivity contribution >= 4 is 6.21 Å². The Kier molecular flexibility index (Phi) is 6.19. The summed E-state index contributed by atoms with van der Waals surface area (Å²) in [5.74, 6) is 1.65. The smallest absolute Gasteiger partial charge is 0.0273 e. The van der Waals surface area contributed by atoms with Crippen LogP contribution in [0.3, 0.4) is 0 Å². The molecule has 0 spiro atoms. The summed E-state index contributed by atoms with van der Waals surface area (Å²) in [4.78, 5) is 3.98. The van der Waals surface area contributed by atoms with E-state index in [1.54, 1.807) is 0 Å². The predicted molar refractivity (Wildman–Crippen MR) is 52.3 cm³/mol. The molecule has 0 rings (SSSR count). The fourth-order valence-corrected chi connectivity index (χ4v) is 1.02. The molecular weight excluding hydrogens is 134 g/mol. The van der Waals surface area contributed by atoms with Gasteiger partial charge in [0.25, 0.3) is 0 Å². The van der Waals surface area contributed by atoms with Crippen LogP contribution in [0.5, 0.6) is 0 Å². The fourth-order valence-electron chi connectivity index (χ4n) is 1.02. The molecule has 0 bridgehead atoms. The fraction of sp³-hybridized carbons (Fsp3) is 0.900. The van der Waals surface area contributed by atoms with Gasteiger partial charge in [0.1, 0.15) is 0 Å². The molecule has 0 aromatic heterocycles. The number of hydrogen-bond acceptors (Lipinski definition) is 1. The van der Waals surface area contributed by atoms with Crippen molar-refractivity contribution < 1.29 is 0 Å². The molecular formula is C10H21N. The molecule has 0 saturated carbocycles. The Morgan fingerprint density at radius 2 is 1.82 bits per heavy atom. The van der Waals surface area contributed by atoms with Crippen LogP contribution in [-0.2, 0) is 0 Å². The highest BCUT2D eigenvalue weighted by molar-refractivity contribution is 5.57. The molecule has 0 fully saturated rings. The first-order valence-electron chi connectivity index (χ1n) is 4.57. The van der Waals surface area contributed by atoms with Gasteiger partial charge in [-0.25, -0.2) is 0 Å². The molecule has 1 atom stereocenters. The summed E-state index contributed by atoms with van der Waals surface area (Å²) in [5.41, 5.74) is 0. The van der Waals surface area contributed by atoms with Crippen LogP contribution < -0.4 is 0 Å². The molecule has 0 aliphatic rings. The minimum Gasteiger partial charge on any atom is -0.301 e. The normalized spacial score (nSPS) is 14.6. The van der Waals surface area contributed by atoms with E-state index in [4.69, 9.17) is 0 Å². The van der Waals surface area contributed by atoms with E-state index in [2.05, 4.69) is 25.8 Å². The molecule has 66 valence electrons. The van der Waals surface area contributed by atoms with Gasteiger partial charge in [0.2, 0.25) is 0 Å². The van der Waals surface area contributed by atoms with E-state index in [1.165, 1.54) is 12.8 Å². The summed E-state index contributed by atoms with van der Waals surface area (Å²) in [5, 5.41) is 0. The van der Waals surface area contributed by atoms with Crippen LogP contribution in [0.15, 0.2) is 4.99 Å². The largest absolute Gasteiger partial charge is 0.301 e. The number of rotatable bonds is 5. The first kappa shape index (κ1) is 10.7. The van der Waals surface area contributed by atoms with E-state index in [-0.39, 0.29) is 0 Å². The number of hydrogen-bond donors (Lipinski definition) is 0. The van der Waals surface area contributed by atoms with Crippen molar-refractivity contribution in [1.82, 2.24) is 0 Å². The van der Waals surface area contributed by atoms with E-state index < -0.39 is 0 Å². The summed E-state index contributed by atoms with van der Waals surface area (Å²) >= 11 is 0. The van der Waals surface area contributed by atoms with Gasteiger partial charge in [-0.3, -0.25) is 0 Å². The van der Waals surface area contributed by atoms with Gasteiger partial charge in [0.15, 0.2) is 0 Å². The summed E-state index contributed by atoms with van der Waals surface area (Å²) < 4.78 is 0. The van der Waals surface area contributed by atoms with Crippen molar-refractivity contribution in [2.45, 2.75) is 40.0 Å². The van der Waals surface area contributed by atoms with Crippen LogP contribution in [-0.4, -0.2) is 13.3 Å². The van der Waals surface area contributed by atoms with Gasteiger partial charge in [-0.05, 0) is 24.5 Å². The highest BCUT2D eigenvalue weighted by Crippen LogP contribution is 2.13. The summed E-state index contributed by atoms with van der Waals surface area (Å²) in [7, 11) is 1.84. The zero-order valence-corrected chi connectivity index (χ0v) is 8.30. The minimum atomic E-state index is 0.807. The second-order valence-electron chi connectivity index (χ2n) is 3.75. The molecule has 0 aliphatic carbocycles. The maximum Gasteiger partial charge on any atom is 0.0273 e. The Morgan fingerprint density at radius 3 is 2.27 bits per heavy atom. The minimum absolute atomic E-state index is 0.807. The van der Waals surface area contributed by atoms with Crippen LogP contribution in [0.2, 0.25) is 0 Å². The average Bonchev–Trinajstić information content (AvgIpc) is 1.97. The third-order valence-corrected chi connectivity index (χ3v) is 1.93. The highest BCUT2D eigenvalue weighted by atomic mass is 14.6. The topological polar surface area (TPSA) is 12.4 Å². The van der Waals surface area contributed by atoms with Crippen LogP contribution in [0.25, 0.3) is 0 Å². The average molecular weight is 155 g/mol. The third-order valence-electron chi connectivity index (χ3n) is 1.93. The van der Waals surface area contributed by atoms with Crippen molar-refractivity contribution in [3.8, 4) is 0 Å². The molecule has 0 heterocycles. The second-order valence-corrected chi connectivity index (χ2v) is 3.75. The van der Waals surface area contributed by atoms with Crippen molar-refractivity contribution in [2.24, 2.45) is 16.8 Å². The van der Waals surface area contributed by atoms with Crippen molar-refractivity contribution in [3.63, 3.8) is 0 Å². The Bertz CT molecular complexity index is 105. The number of nitrogens with zero attached hydrogens (tertiary/aromatic N) is 1. The standard InChI is InChI=1S/C10H21N/c1-9(2)5-6-10(3)7-8-11-4/h8-10H,5-7H2,1-4H3. The van der Waals surface area contributed by atoms with E-state index in [1.807, 2.05) is 13.3 Å². The zero-order valence-electron chi connectivity index (χ0n) is 8.30. The lowest BCUT2D eigenvalue weighted by atomic mass is 9.97. The Balaban J connectivity index is 3.29. The Labute approximate surface area is 70.9 Å². The van der Waals surface area contributed by atoms with E-state index >= 15 is 0 Å². The van der Waals surface area contributed by atoms with Gasteiger partial charge in [0.05, 0.1) is 0 Å². The van der Waals surface area contributed by atoms with Gasteiger partial charge in [0, 0.05) is 7.05 Å². The lowest BCUT2D eigenvalue weighted by Crippen LogP contribution is -1.98. The van der Waals surface area contributed by atoms with Crippen LogP contribution >= 0.6 is 0 Å². The van der Waals surface area contributed by atoms with Crippen molar-refractivity contribution in [1.29, 1.82) is 0 Å². The summed E-state index contributed by atoms with van der Waals surface area (Å²) in [6, 6.07) is 0. The van der Waals surface area contributed by atoms with Gasteiger partial charge in [-0.15, -0.1) is 0 Å². The first-order valence-corrected chi connectivity index (χ1v) is 4.57.